The molecule has 0 aliphatic carbocycles. The number of sulfonamides is 1. The van der Waals surface area contributed by atoms with Crippen molar-refractivity contribution >= 4 is 21.5 Å². The molecule has 0 unspecified atom stereocenters. The molecular weight excluding hydrogens is 358 g/mol. The van der Waals surface area contributed by atoms with E-state index in [1.807, 2.05) is 0 Å². The largest absolute Gasteiger partial charge is 0.379 e. The number of pyridine rings is 1. The lowest BCUT2D eigenvalue weighted by Crippen LogP contribution is -2.39. The molecule has 3 rings (SSSR count). The van der Waals surface area contributed by atoms with Crippen LogP contribution in [0.3, 0.4) is 0 Å². The smallest absolute Gasteiger partial charge is 0.267 e. The first-order valence-electron chi connectivity index (χ1n) is 8.41. The predicted octanol–water partition coefficient (Wildman–Crippen LogP) is 1.23. The molecule has 1 aliphatic heterocycles. The number of rotatable bonds is 7. The van der Waals surface area contributed by atoms with E-state index in [2.05, 4.69) is 25.1 Å². The average Bonchev–Trinajstić information content (AvgIpc) is 2.96. The van der Waals surface area contributed by atoms with Gasteiger partial charge in [-0.3, -0.25) is 9.62 Å². The van der Waals surface area contributed by atoms with Gasteiger partial charge in [0.05, 0.1) is 25.1 Å². The lowest BCUT2D eigenvalue weighted by Gasteiger charge is -2.26. The Labute approximate surface area is 152 Å². The Kier molecular flexibility index (Phi) is 5.74. The molecule has 0 spiro atoms. The van der Waals surface area contributed by atoms with Crippen LogP contribution in [0, 0.1) is 13.8 Å². The van der Waals surface area contributed by atoms with Crippen molar-refractivity contribution in [1.29, 1.82) is 0 Å². The van der Waals surface area contributed by atoms with Crippen LogP contribution in [0.25, 0.3) is 0 Å². The highest BCUT2D eigenvalue weighted by atomic mass is 32.2. The summed E-state index contributed by atoms with van der Waals surface area (Å²) in [6.45, 7) is 8.26. The Hall–Kier alpha value is -2.17. The third-order valence-corrected chi connectivity index (χ3v) is 5.71. The SMILES string of the molecule is Cc1noc(C)c1S(=O)(=O)Nc1ccc(NCCN2CCOCC2)nc1. The first kappa shape index (κ1) is 18.6. The van der Waals surface area contributed by atoms with Crippen molar-refractivity contribution in [2.45, 2.75) is 18.7 Å². The summed E-state index contributed by atoms with van der Waals surface area (Å²) in [5, 5.41) is 6.91. The Balaban J connectivity index is 1.55. The van der Waals surface area contributed by atoms with E-state index in [0.29, 0.717) is 17.2 Å². The minimum absolute atomic E-state index is 0.0604. The highest BCUT2D eigenvalue weighted by Gasteiger charge is 2.24. The Morgan fingerprint density at radius 2 is 2.00 bits per heavy atom. The summed E-state index contributed by atoms with van der Waals surface area (Å²) in [5.74, 6) is 0.947. The van der Waals surface area contributed by atoms with Crippen molar-refractivity contribution in [2.75, 3.05) is 49.4 Å². The quantitative estimate of drug-likeness (QED) is 0.737. The molecule has 26 heavy (non-hydrogen) atoms. The summed E-state index contributed by atoms with van der Waals surface area (Å²) in [5.41, 5.74) is 0.702. The van der Waals surface area contributed by atoms with Gasteiger partial charge in [-0.1, -0.05) is 5.16 Å². The van der Waals surface area contributed by atoms with E-state index >= 15 is 0 Å². The minimum atomic E-state index is -3.76. The zero-order chi connectivity index (χ0) is 18.6. The molecule has 3 heterocycles. The predicted molar refractivity (Wildman–Crippen MR) is 96.8 cm³/mol. The fraction of sp³-hybridized carbons (Fsp3) is 0.500. The van der Waals surface area contributed by atoms with Gasteiger partial charge in [-0.05, 0) is 26.0 Å². The topological polar surface area (TPSA) is 110 Å². The molecule has 1 fully saturated rings. The number of morpholine rings is 1. The van der Waals surface area contributed by atoms with E-state index in [9.17, 15) is 8.42 Å². The summed E-state index contributed by atoms with van der Waals surface area (Å²) in [7, 11) is -3.76. The number of aromatic nitrogens is 2. The van der Waals surface area contributed by atoms with Crippen molar-refractivity contribution in [1.82, 2.24) is 15.0 Å². The molecule has 142 valence electrons. The third-order valence-electron chi connectivity index (χ3n) is 4.09. The van der Waals surface area contributed by atoms with E-state index < -0.39 is 10.0 Å². The van der Waals surface area contributed by atoms with Crippen LogP contribution in [0.1, 0.15) is 11.5 Å². The van der Waals surface area contributed by atoms with Gasteiger partial charge in [0, 0.05) is 26.2 Å². The number of hydrogen-bond donors (Lipinski definition) is 2. The van der Waals surface area contributed by atoms with Gasteiger partial charge in [0.15, 0.2) is 10.7 Å². The summed E-state index contributed by atoms with van der Waals surface area (Å²) < 4.78 is 37.7. The number of ether oxygens (including phenoxy) is 1. The fourth-order valence-electron chi connectivity index (χ4n) is 2.79. The van der Waals surface area contributed by atoms with Crippen LogP contribution in [-0.2, 0) is 14.8 Å². The van der Waals surface area contributed by atoms with E-state index in [4.69, 9.17) is 9.26 Å². The van der Waals surface area contributed by atoms with Crippen molar-refractivity contribution in [3.05, 3.63) is 29.8 Å². The van der Waals surface area contributed by atoms with E-state index in [1.54, 1.807) is 26.0 Å². The molecule has 2 aromatic rings. The van der Waals surface area contributed by atoms with Crippen LogP contribution in [0.5, 0.6) is 0 Å². The first-order valence-corrected chi connectivity index (χ1v) is 9.90. The molecule has 2 aromatic heterocycles. The molecule has 0 bridgehead atoms. The fourth-order valence-corrected chi connectivity index (χ4v) is 4.17. The molecule has 0 atom stereocenters. The second-order valence-corrected chi connectivity index (χ2v) is 7.69. The number of hydrogen-bond acceptors (Lipinski definition) is 8. The Morgan fingerprint density at radius 1 is 1.23 bits per heavy atom. The second-order valence-electron chi connectivity index (χ2n) is 6.07. The van der Waals surface area contributed by atoms with Gasteiger partial charge >= 0.3 is 0 Å². The number of nitrogens with one attached hydrogen (secondary N) is 2. The highest BCUT2D eigenvalue weighted by molar-refractivity contribution is 7.92. The van der Waals surface area contributed by atoms with Gasteiger partial charge in [-0.2, -0.15) is 0 Å². The number of nitrogens with zero attached hydrogens (tertiary/aromatic N) is 3. The van der Waals surface area contributed by atoms with Crippen LogP contribution in [0.15, 0.2) is 27.7 Å². The van der Waals surface area contributed by atoms with Gasteiger partial charge in [-0.15, -0.1) is 0 Å². The van der Waals surface area contributed by atoms with Gasteiger partial charge in [0.25, 0.3) is 10.0 Å². The zero-order valence-electron chi connectivity index (χ0n) is 14.9. The van der Waals surface area contributed by atoms with Gasteiger partial charge < -0.3 is 14.6 Å². The first-order chi connectivity index (χ1) is 12.5. The Bertz CT molecular complexity index is 809. The zero-order valence-corrected chi connectivity index (χ0v) is 15.7. The van der Waals surface area contributed by atoms with Gasteiger partial charge in [-0.25, -0.2) is 13.4 Å². The molecule has 1 saturated heterocycles. The van der Waals surface area contributed by atoms with Crippen LogP contribution < -0.4 is 10.0 Å². The summed E-state index contributed by atoms with van der Waals surface area (Å²) >= 11 is 0. The summed E-state index contributed by atoms with van der Waals surface area (Å²) in [4.78, 5) is 6.63. The van der Waals surface area contributed by atoms with Crippen LogP contribution >= 0.6 is 0 Å². The van der Waals surface area contributed by atoms with Gasteiger partial charge in [0.1, 0.15) is 11.5 Å². The normalized spacial score (nSPS) is 15.8. The molecule has 10 heteroatoms. The van der Waals surface area contributed by atoms with Crippen molar-refractivity contribution < 1.29 is 17.7 Å². The van der Waals surface area contributed by atoms with Crippen LogP contribution in [0.4, 0.5) is 11.5 Å². The molecule has 2 N–H and O–H groups in total. The van der Waals surface area contributed by atoms with Crippen molar-refractivity contribution in [2.24, 2.45) is 0 Å². The highest BCUT2D eigenvalue weighted by Crippen LogP contribution is 2.22. The van der Waals surface area contributed by atoms with Crippen LogP contribution in [0.2, 0.25) is 0 Å². The van der Waals surface area contributed by atoms with Crippen molar-refractivity contribution in [3.8, 4) is 0 Å². The average molecular weight is 381 g/mol. The van der Waals surface area contributed by atoms with Crippen molar-refractivity contribution in [3.63, 3.8) is 0 Å². The second kappa shape index (κ2) is 8.02. The van der Waals surface area contributed by atoms with E-state index in [1.165, 1.54) is 6.20 Å². The third kappa shape index (κ3) is 4.51. The molecule has 0 radical (unpaired) electrons. The maximum Gasteiger partial charge on any atom is 0.267 e. The lowest BCUT2D eigenvalue weighted by atomic mass is 10.4. The minimum Gasteiger partial charge on any atom is -0.379 e. The Morgan fingerprint density at radius 3 is 2.62 bits per heavy atom. The lowest BCUT2D eigenvalue weighted by molar-refractivity contribution is 0.0398. The monoisotopic (exact) mass is 381 g/mol. The van der Waals surface area contributed by atoms with Gasteiger partial charge in [0.2, 0.25) is 0 Å². The maximum absolute atomic E-state index is 12.5. The maximum atomic E-state index is 12.5. The molecular formula is C16H23N5O4S. The molecule has 0 amide bonds. The number of aryl methyl sites for hydroxylation is 2. The molecule has 9 nitrogen and oxygen atoms in total. The van der Waals surface area contributed by atoms with Crippen LogP contribution in [-0.4, -0.2) is 62.9 Å². The molecule has 0 aromatic carbocycles. The number of anilines is 2. The summed E-state index contributed by atoms with van der Waals surface area (Å²) in [6, 6.07) is 3.41. The van der Waals surface area contributed by atoms with E-state index in [0.717, 1.165) is 39.4 Å². The molecule has 1 aliphatic rings. The van der Waals surface area contributed by atoms with E-state index in [-0.39, 0.29) is 10.7 Å². The standard InChI is InChI=1S/C16H23N5O4S/c1-12-16(13(2)25-19-12)26(22,23)20-14-3-4-15(18-11-14)17-5-6-21-7-9-24-10-8-21/h3-4,11,20H,5-10H2,1-2H3,(H,17,18). The summed E-state index contributed by atoms with van der Waals surface area (Å²) in [6.07, 6.45) is 1.48. The molecule has 0 saturated carbocycles.